The fourth-order valence-electron chi connectivity index (χ4n) is 0.902. The molecule has 1 rings (SSSR count). The third-order valence-corrected chi connectivity index (χ3v) is 1.66. The number of carbonyl (C=O) groups excluding carboxylic acids is 1. The molecule has 0 atom stereocenters. The zero-order valence-electron chi connectivity index (χ0n) is 8.05. The highest BCUT2D eigenvalue weighted by Gasteiger charge is 2.21. The molecule has 0 unspecified atom stereocenters. The second-order valence-electron chi connectivity index (χ2n) is 2.83. The number of hydrogen-bond acceptors (Lipinski definition) is 1. The Morgan fingerprint density at radius 2 is 1.73 bits per heavy atom. The van der Waals surface area contributed by atoms with E-state index in [0.29, 0.717) is 5.91 Å². The first-order valence-electron chi connectivity index (χ1n) is 4.50. The van der Waals surface area contributed by atoms with Gasteiger partial charge in [-0.1, -0.05) is 27.7 Å². The van der Waals surface area contributed by atoms with Crippen molar-refractivity contribution in [1.29, 1.82) is 0 Å². The van der Waals surface area contributed by atoms with Crippen molar-refractivity contribution in [1.82, 2.24) is 4.90 Å². The van der Waals surface area contributed by atoms with Gasteiger partial charge in [0, 0.05) is 19.0 Å². The molecule has 1 amide bonds. The van der Waals surface area contributed by atoms with Crippen LogP contribution in [-0.2, 0) is 4.79 Å². The van der Waals surface area contributed by atoms with Crippen LogP contribution in [-0.4, -0.2) is 23.9 Å². The van der Waals surface area contributed by atoms with Gasteiger partial charge in [0.2, 0.25) is 5.91 Å². The summed E-state index contributed by atoms with van der Waals surface area (Å²) in [5.41, 5.74) is 0. The van der Waals surface area contributed by atoms with Crippen molar-refractivity contribution in [3.63, 3.8) is 0 Å². The highest BCUT2D eigenvalue weighted by atomic mass is 16.2. The van der Waals surface area contributed by atoms with E-state index in [1.165, 1.54) is 6.42 Å². The number of carbonyl (C=O) groups is 1. The molecular weight excluding hydrogens is 138 g/mol. The highest BCUT2D eigenvalue weighted by Crippen LogP contribution is 2.10. The molecule has 11 heavy (non-hydrogen) atoms. The standard InChI is InChI=1S/C7H13NO.C2H6/c1-6(2)7(9)8-4-3-5-8;1-2/h6H,3-5H2,1-2H3;1-2H3. The summed E-state index contributed by atoms with van der Waals surface area (Å²) in [6.45, 7) is 9.86. The molecule has 0 aromatic heterocycles. The molecule has 2 heteroatoms. The van der Waals surface area contributed by atoms with Gasteiger partial charge in [0.05, 0.1) is 0 Å². The van der Waals surface area contributed by atoms with Crippen LogP contribution in [0.15, 0.2) is 0 Å². The lowest BCUT2D eigenvalue weighted by molar-refractivity contribution is -0.137. The van der Waals surface area contributed by atoms with E-state index < -0.39 is 0 Å². The minimum absolute atomic E-state index is 0.185. The average molecular weight is 157 g/mol. The van der Waals surface area contributed by atoms with E-state index in [4.69, 9.17) is 0 Å². The fourth-order valence-corrected chi connectivity index (χ4v) is 0.902. The van der Waals surface area contributed by atoms with Gasteiger partial charge < -0.3 is 4.90 Å². The predicted molar refractivity (Wildman–Crippen MR) is 47.4 cm³/mol. The molecule has 0 N–H and O–H groups in total. The molecule has 0 bridgehead atoms. The maximum atomic E-state index is 11.1. The Kier molecular flexibility index (Phi) is 4.92. The monoisotopic (exact) mass is 157 g/mol. The maximum absolute atomic E-state index is 11.1. The van der Waals surface area contributed by atoms with Crippen LogP contribution in [0.5, 0.6) is 0 Å². The molecule has 0 aliphatic carbocycles. The largest absolute Gasteiger partial charge is 0.342 e. The zero-order valence-corrected chi connectivity index (χ0v) is 8.05. The Balaban J connectivity index is 0.000000461. The molecule has 0 radical (unpaired) electrons. The van der Waals surface area contributed by atoms with E-state index in [9.17, 15) is 4.79 Å². The Morgan fingerprint density at radius 3 is 1.82 bits per heavy atom. The van der Waals surface area contributed by atoms with Crippen LogP contribution < -0.4 is 0 Å². The summed E-state index contributed by atoms with van der Waals surface area (Å²) in [6, 6.07) is 0. The molecule has 1 aliphatic rings. The van der Waals surface area contributed by atoms with Crippen LogP contribution in [0.4, 0.5) is 0 Å². The van der Waals surface area contributed by atoms with Crippen LogP contribution in [0.25, 0.3) is 0 Å². The van der Waals surface area contributed by atoms with Gasteiger partial charge in [-0.25, -0.2) is 0 Å². The van der Waals surface area contributed by atoms with E-state index in [1.54, 1.807) is 0 Å². The van der Waals surface area contributed by atoms with Crippen molar-refractivity contribution >= 4 is 5.91 Å². The quantitative estimate of drug-likeness (QED) is 0.569. The van der Waals surface area contributed by atoms with E-state index >= 15 is 0 Å². The molecule has 1 heterocycles. The molecule has 66 valence electrons. The van der Waals surface area contributed by atoms with E-state index in [1.807, 2.05) is 32.6 Å². The summed E-state index contributed by atoms with van der Waals surface area (Å²) >= 11 is 0. The maximum Gasteiger partial charge on any atom is 0.225 e. The lowest BCUT2D eigenvalue weighted by Gasteiger charge is -2.32. The minimum atomic E-state index is 0.185. The van der Waals surface area contributed by atoms with E-state index in [2.05, 4.69) is 0 Å². The molecule has 0 aromatic rings. The van der Waals surface area contributed by atoms with Crippen LogP contribution in [0.2, 0.25) is 0 Å². The van der Waals surface area contributed by atoms with Gasteiger partial charge >= 0.3 is 0 Å². The predicted octanol–water partition coefficient (Wildman–Crippen LogP) is 1.90. The number of likely N-dealkylation sites (tertiary alicyclic amines) is 1. The normalized spacial score (nSPS) is 15.2. The molecule has 0 saturated carbocycles. The van der Waals surface area contributed by atoms with Gasteiger partial charge in [0.25, 0.3) is 0 Å². The second-order valence-corrected chi connectivity index (χ2v) is 2.83. The number of nitrogens with zero attached hydrogens (tertiary/aromatic N) is 1. The molecule has 1 aliphatic heterocycles. The second kappa shape index (κ2) is 5.16. The van der Waals surface area contributed by atoms with Crippen molar-refractivity contribution < 1.29 is 4.79 Å². The summed E-state index contributed by atoms with van der Waals surface area (Å²) in [6.07, 6.45) is 1.19. The van der Waals surface area contributed by atoms with Gasteiger partial charge in [-0.15, -0.1) is 0 Å². The third-order valence-electron chi connectivity index (χ3n) is 1.66. The molecule has 1 saturated heterocycles. The lowest BCUT2D eigenvalue weighted by atomic mass is 10.1. The molecule has 2 nitrogen and oxygen atoms in total. The zero-order chi connectivity index (χ0) is 8.85. The molecule has 1 fully saturated rings. The van der Waals surface area contributed by atoms with Crippen molar-refractivity contribution in [3.05, 3.63) is 0 Å². The lowest BCUT2D eigenvalue weighted by Crippen LogP contribution is -2.44. The summed E-state index contributed by atoms with van der Waals surface area (Å²) in [4.78, 5) is 13.0. The first-order chi connectivity index (χ1) is 5.22. The Hall–Kier alpha value is -0.530. The summed E-state index contributed by atoms with van der Waals surface area (Å²) in [5.74, 6) is 0.492. The minimum Gasteiger partial charge on any atom is -0.342 e. The number of amides is 1. The number of rotatable bonds is 1. The highest BCUT2D eigenvalue weighted by molar-refractivity contribution is 5.78. The molecule has 0 spiro atoms. The van der Waals surface area contributed by atoms with Crippen molar-refractivity contribution in [2.75, 3.05) is 13.1 Å². The average Bonchev–Trinajstić information content (AvgIpc) is 1.88. The van der Waals surface area contributed by atoms with Crippen molar-refractivity contribution in [3.8, 4) is 0 Å². The van der Waals surface area contributed by atoms with Crippen LogP contribution >= 0.6 is 0 Å². The van der Waals surface area contributed by atoms with Crippen LogP contribution in [0, 0.1) is 5.92 Å². The first-order valence-corrected chi connectivity index (χ1v) is 4.50. The summed E-state index contributed by atoms with van der Waals surface area (Å²) < 4.78 is 0. The van der Waals surface area contributed by atoms with Gasteiger partial charge in [-0.3, -0.25) is 4.79 Å². The third kappa shape index (κ3) is 2.91. The Labute approximate surface area is 69.6 Å². The van der Waals surface area contributed by atoms with Crippen LogP contribution in [0.1, 0.15) is 34.1 Å². The number of hydrogen-bond donors (Lipinski definition) is 0. The van der Waals surface area contributed by atoms with E-state index in [0.717, 1.165) is 13.1 Å². The summed E-state index contributed by atoms with van der Waals surface area (Å²) in [7, 11) is 0. The van der Waals surface area contributed by atoms with Gasteiger partial charge in [-0.2, -0.15) is 0 Å². The van der Waals surface area contributed by atoms with Gasteiger partial charge in [0.1, 0.15) is 0 Å². The van der Waals surface area contributed by atoms with Gasteiger partial charge in [-0.05, 0) is 6.42 Å². The molecule has 0 aromatic carbocycles. The topological polar surface area (TPSA) is 20.3 Å². The fraction of sp³-hybridized carbons (Fsp3) is 0.889. The van der Waals surface area contributed by atoms with Crippen LogP contribution in [0.3, 0.4) is 0 Å². The van der Waals surface area contributed by atoms with E-state index in [-0.39, 0.29) is 5.92 Å². The summed E-state index contributed by atoms with van der Waals surface area (Å²) in [5, 5.41) is 0. The van der Waals surface area contributed by atoms with Crippen molar-refractivity contribution in [2.45, 2.75) is 34.1 Å². The Bertz CT molecular complexity index is 117. The SMILES string of the molecule is CC.CC(C)C(=O)N1CCC1. The smallest absolute Gasteiger partial charge is 0.225 e. The Morgan fingerprint density at radius 1 is 1.27 bits per heavy atom. The first kappa shape index (κ1) is 10.5. The van der Waals surface area contributed by atoms with Crippen molar-refractivity contribution in [2.24, 2.45) is 5.92 Å². The van der Waals surface area contributed by atoms with Gasteiger partial charge in [0.15, 0.2) is 0 Å². The molecular formula is C9H19NO.